The van der Waals surface area contributed by atoms with Crippen LogP contribution in [0.5, 0.6) is 0 Å². The van der Waals surface area contributed by atoms with Crippen molar-refractivity contribution in [2.75, 3.05) is 13.1 Å². The highest BCUT2D eigenvalue weighted by Crippen LogP contribution is 2.40. The second kappa shape index (κ2) is 5.58. The summed E-state index contributed by atoms with van der Waals surface area (Å²) in [4.78, 5) is 30.5. The molecule has 0 unspecified atom stereocenters. The summed E-state index contributed by atoms with van der Waals surface area (Å²) >= 11 is 0. The minimum atomic E-state index is -0.841. The first-order valence-electron chi connectivity index (χ1n) is 8.33. The van der Waals surface area contributed by atoms with Gasteiger partial charge in [-0.3, -0.25) is 9.59 Å². The van der Waals surface area contributed by atoms with E-state index < -0.39 is 11.9 Å². The molecule has 2 aliphatic rings. The lowest BCUT2D eigenvalue weighted by molar-refractivity contribution is -0.143. The van der Waals surface area contributed by atoms with E-state index >= 15 is 0 Å². The van der Waals surface area contributed by atoms with Crippen LogP contribution in [0.15, 0.2) is 10.6 Å². The van der Waals surface area contributed by atoms with Crippen molar-refractivity contribution in [2.45, 2.75) is 38.5 Å². The molecule has 1 aliphatic heterocycles. The number of pyridine rings is 1. The van der Waals surface area contributed by atoms with E-state index in [9.17, 15) is 14.7 Å². The van der Waals surface area contributed by atoms with Crippen LogP contribution in [0.25, 0.3) is 11.1 Å². The van der Waals surface area contributed by atoms with E-state index in [1.165, 1.54) is 0 Å². The Hall–Kier alpha value is -2.44. The number of hydrogen-bond donors (Lipinski definition) is 1. The second-order valence-corrected chi connectivity index (χ2v) is 6.75. The standard InChI is InChI=1S/C17H19N3O4/c1-9-14-12(7-13(10-4-5-10)18-15(14)24-19-9)16(21)20-6-2-3-11(8-20)17(22)23/h7,10-11H,2-6,8H2,1H3,(H,22,23)/t11-/m1/s1. The summed E-state index contributed by atoms with van der Waals surface area (Å²) in [7, 11) is 0. The van der Waals surface area contributed by atoms with Gasteiger partial charge in [-0.15, -0.1) is 0 Å². The molecule has 2 fully saturated rings. The van der Waals surface area contributed by atoms with Crippen LogP contribution in [0.4, 0.5) is 0 Å². The SMILES string of the molecule is Cc1noc2nc(C3CC3)cc(C(=O)N3CCC[C@@H](C(=O)O)C3)c12. The lowest BCUT2D eigenvalue weighted by Gasteiger charge is -2.31. The Morgan fingerprint density at radius 2 is 2.12 bits per heavy atom. The molecule has 1 aliphatic carbocycles. The molecule has 4 rings (SSSR count). The minimum absolute atomic E-state index is 0.151. The van der Waals surface area contributed by atoms with Crippen molar-refractivity contribution in [2.24, 2.45) is 5.92 Å². The number of likely N-dealkylation sites (tertiary alicyclic amines) is 1. The van der Waals surface area contributed by atoms with Gasteiger partial charge < -0.3 is 14.5 Å². The number of carboxylic acids is 1. The van der Waals surface area contributed by atoms with Crippen molar-refractivity contribution in [3.63, 3.8) is 0 Å². The van der Waals surface area contributed by atoms with Gasteiger partial charge in [0, 0.05) is 24.7 Å². The highest BCUT2D eigenvalue weighted by Gasteiger charge is 2.32. The number of fused-ring (bicyclic) bond motifs is 1. The van der Waals surface area contributed by atoms with Gasteiger partial charge in [-0.05, 0) is 38.7 Å². The van der Waals surface area contributed by atoms with E-state index in [2.05, 4.69) is 10.1 Å². The molecule has 2 aromatic heterocycles. The number of carbonyl (C=O) groups excluding carboxylic acids is 1. The molecule has 1 saturated carbocycles. The zero-order valence-electron chi connectivity index (χ0n) is 13.5. The van der Waals surface area contributed by atoms with Crippen molar-refractivity contribution in [1.82, 2.24) is 15.0 Å². The summed E-state index contributed by atoms with van der Waals surface area (Å²) in [6.07, 6.45) is 3.47. The molecule has 7 nitrogen and oxygen atoms in total. The fourth-order valence-corrected chi connectivity index (χ4v) is 3.40. The molecule has 3 heterocycles. The van der Waals surface area contributed by atoms with Crippen LogP contribution < -0.4 is 0 Å². The van der Waals surface area contributed by atoms with Gasteiger partial charge in [0.1, 0.15) is 0 Å². The van der Waals surface area contributed by atoms with Gasteiger partial charge in [0.2, 0.25) is 0 Å². The van der Waals surface area contributed by atoms with Crippen molar-refractivity contribution >= 4 is 23.0 Å². The summed E-state index contributed by atoms with van der Waals surface area (Å²) in [5.74, 6) is -1.10. The molecule has 1 saturated heterocycles. The maximum atomic E-state index is 13.1. The highest BCUT2D eigenvalue weighted by molar-refractivity contribution is 6.06. The summed E-state index contributed by atoms with van der Waals surface area (Å²) in [6, 6.07) is 1.84. The predicted octanol–water partition coefficient (Wildman–Crippen LogP) is 2.35. The molecule has 7 heteroatoms. The van der Waals surface area contributed by atoms with Crippen LogP contribution >= 0.6 is 0 Å². The molecule has 0 aromatic carbocycles. The Bertz CT molecular complexity index is 825. The Morgan fingerprint density at radius 1 is 1.33 bits per heavy atom. The van der Waals surface area contributed by atoms with Crippen LogP contribution in [-0.4, -0.2) is 45.1 Å². The van der Waals surface area contributed by atoms with Gasteiger partial charge in [-0.25, -0.2) is 4.98 Å². The van der Waals surface area contributed by atoms with E-state index in [1.807, 2.05) is 6.07 Å². The third-order valence-corrected chi connectivity index (χ3v) is 4.92. The van der Waals surface area contributed by atoms with Gasteiger partial charge in [0.15, 0.2) is 0 Å². The third kappa shape index (κ3) is 2.53. The molecule has 0 radical (unpaired) electrons. The maximum absolute atomic E-state index is 13.1. The van der Waals surface area contributed by atoms with Crippen molar-refractivity contribution in [1.29, 1.82) is 0 Å². The first-order valence-corrected chi connectivity index (χ1v) is 8.33. The molecule has 1 amide bonds. The van der Waals surface area contributed by atoms with Gasteiger partial charge in [0.25, 0.3) is 11.6 Å². The molecule has 0 bridgehead atoms. The van der Waals surface area contributed by atoms with Gasteiger partial charge in [0.05, 0.1) is 22.6 Å². The van der Waals surface area contributed by atoms with Gasteiger partial charge >= 0.3 is 5.97 Å². The van der Waals surface area contributed by atoms with E-state index in [4.69, 9.17) is 4.52 Å². The number of aryl methyl sites for hydroxylation is 1. The average molecular weight is 329 g/mol. The largest absolute Gasteiger partial charge is 0.481 e. The van der Waals surface area contributed by atoms with Gasteiger partial charge in [-0.1, -0.05) is 5.16 Å². The van der Waals surface area contributed by atoms with Crippen LogP contribution in [0.3, 0.4) is 0 Å². The number of aliphatic carboxylic acids is 1. The first-order chi connectivity index (χ1) is 11.5. The Kier molecular flexibility index (Phi) is 3.51. The number of carbonyl (C=O) groups is 2. The summed E-state index contributed by atoms with van der Waals surface area (Å²) in [6.45, 7) is 2.62. The zero-order valence-corrected chi connectivity index (χ0v) is 13.5. The zero-order chi connectivity index (χ0) is 16.8. The lowest BCUT2D eigenvalue weighted by atomic mass is 9.97. The molecule has 0 spiro atoms. The summed E-state index contributed by atoms with van der Waals surface area (Å²) < 4.78 is 5.28. The number of nitrogens with zero attached hydrogens (tertiary/aromatic N) is 3. The summed E-state index contributed by atoms with van der Waals surface area (Å²) in [5, 5.41) is 13.8. The van der Waals surface area contributed by atoms with Crippen LogP contribution in [0.1, 0.15) is 53.3 Å². The lowest BCUT2D eigenvalue weighted by Crippen LogP contribution is -2.42. The number of piperidine rings is 1. The van der Waals surface area contributed by atoms with Crippen LogP contribution in [0.2, 0.25) is 0 Å². The number of aromatic nitrogens is 2. The fourth-order valence-electron chi connectivity index (χ4n) is 3.40. The van der Waals surface area contributed by atoms with E-state index in [0.717, 1.165) is 18.5 Å². The normalized spacial score (nSPS) is 21.2. The Balaban J connectivity index is 1.73. The van der Waals surface area contributed by atoms with E-state index in [-0.39, 0.29) is 12.5 Å². The van der Waals surface area contributed by atoms with Crippen LogP contribution in [0, 0.1) is 12.8 Å². The topological polar surface area (TPSA) is 96.5 Å². The highest BCUT2D eigenvalue weighted by atomic mass is 16.5. The Morgan fingerprint density at radius 3 is 2.83 bits per heavy atom. The Labute approximate surface area is 138 Å². The minimum Gasteiger partial charge on any atom is -0.481 e. The molecule has 1 N–H and O–H groups in total. The van der Waals surface area contributed by atoms with E-state index in [0.29, 0.717) is 47.7 Å². The quantitative estimate of drug-likeness (QED) is 0.928. The third-order valence-electron chi connectivity index (χ3n) is 4.92. The van der Waals surface area contributed by atoms with Crippen LogP contribution in [-0.2, 0) is 4.79 Å². The van der Waals surface area contributed by atoms with Crippen molar-refractivity contribution in [3.8, 4) is 0 Å². The molecule has 2 aromatic rings. The fraction of sp³-hybridized carbons (Fsp3) is 0.529. The molecule has 24 heavy (non-hydrogen) atoms. The first kappa shape index (κ1) is 15.1. The summed E-state index contributed by atoms with van der Waals surface area (Å²) in [5.41, 5.74) is 2.43. The average Bonchev–Trinajstić information content (AvgIpc) is 3.37. The number of hydrogen-bond acceptors (Lipinski definition) is 5. The predicted molar refractivity (Wildman–Crippen MR) is 84.8 cm³/mol. The number of amides is 1. The molecule has 1 atom stereocenters. The van der Waals surface area contributed by atoms with Crippen molar-refractivity contribution < 1.29 is 19.2 Å². The number of carboxylic acid groups (broad SMARTS) is 1. The van der Waals surface area contributed by atoms with Gasteiger partial charge in [-0.2, -0.15) is 0 Å². The maximum Gasteiger partial charge on any atom is 0.308 e. The second-order valence-electron chi connectivity index (χ2n) is 6.75. The monoisotopic (exact) mass is 329 g/mol. The number of rotatable bonds is 3. The van der Waals surface area contributed by atoms with E-state index in [1.54, 1.807) is 11.8 Å². The molecule has 126 valence electrons. The molecular weight excluding hydrogens is 310 g/mol. The molecular formula is C17H19N3O4. The smallest absolute Gasteiger partial charge is 0.308 e. The van der Waals surface area contributed by atoms with Crippen molar-refractivity contribution in [3.05, 3.63) is 23.0 Å².